The number of piperazine rings is 1. The molecule has 2 aromatic rings. The van der Waals surface area contributed by atoms with Crippen LogP contribution in [-0.4, -0.2) is 60.8 Å². The fourth-order valence-electron chi connectivity index (χ4n) is 6.53. The first-order valence-electron chi connectivity index (χ1n) is 15.0. The van der Waals surface area contributed by atoms with Gasteiger partial charge < -0.3 is 14.5 Å². The van der Waals surface area contributed by atoms with Crippen molar-refractivity contribution in [3.8, 4) is 5.75 Å². The molecule has 1 aromatic carbocycles. The topological polar surface area (TPSA) is 58.0 Å². The van der Waals surface area contributed by atoms with E-state index < -0.39 is 0 Å². The monoisotopic (exact) mass is 528 g/mol. The van der Waals surface area contributed by atoms with Crippen molar-refractivity contribution in [2.75, 3.05) is 38.2 Å². The molecule has 2 aliphatic heterocycles. The smallest absolute Gasteiger partial charge is 0.222 e. The second-order valence-electron chi connectivity index (χ2n) is 11.2. The van der Waals surface area contributed by atoms with Crippen LogP contribution < -0.4 is 9.64 Å². The lowest BCUT2D eigenvalue weighted by molar-refractivity contribution is -0.131. The van der Waals surface area contributed by atoms with Crippen LogP contribution in [0.4, 0.5) is 5.82 Å². The van der Waals surface area contributed by atoms with Gasteiger partial charge in [0, 0.05) is 50.4 Å². The van der Waals surface area contributed by atoms with Crippen molar-refractivity contribution in [1.29, 1.82) is 0 Å². The molecule has 3 heterocycles. The number of aliphatic imine (C=N–C) groups is 1. The zero-order chi connectivity index (χ0) is 27.0. The van der Waals surface area contributed by atoms with E-state index in [4.69, 9.17) is 9.73 Å². The molecule has 0 bridgehead atoms. The van der Waals surface area contributed by atoms with Crippen LogP contribution >= 0.6 is 0 Å². The van der Waals surface area contributed by atoms with Crippen LogP contribution in [0.25, 0.3) is 0 Å². The number of anilines is 1. The fraction of sp³-hybridized carbons (Fsp3) is 0.545. The number of hydrogen-bond donors (Lipinski definition) is 0. The summed E-state index contributed by atoms with van der Waals surface area (Å²) in [6.45, 7) is 5.49. The summed E-state index contributed by atoms with van der Waals surface area (Å²) in [5.74, 6) is 3.15. The van der Waals surface area contributed by atoms with E-state index in [0.717, 1.165) is 57.0 Å². The number of rotatable bonds is 9. The zero-order valence-electron chi connectivity index (χ0n) is 23.7. The number of benzene rings is 1. The Morgan fingerprint density at radius 2 is 1.77 bits per heavy atom. The number of carbonyl (C=O) groups is 1. The molecule has 39 heavy (non-hydrogen) atoms. The van der Waals surface area contributed by atoms with Crippen LogP contribution in [0.3, 0.4) is 0 Å². The molecule has 208 valence electrons. The molecule has 1 amide bonds. The quantitative estimate of drug-likeness (QED) is 0.358. The van der Waals surface area contributed by atoms with E-state index in [1.807, 2.05) is 41.4 Å². The Morgan fingerprint density at radius 3 is 2.44 bits per heavy atom. The summed E-state index contributed by atoms with van der Waals surface area (Å²) in [6.07, 6.45) is 14.4. The van der Waals surface area contributed by atoms with Crippen molar-refractivity contribution in [3.63, 3.8) is 0 Å². The molecule has 1 aliphatic carbocycles. The molecule has 0 radical (unpaired) electrons. The Kier molecular flexibility index (Phi) is 9.33. The fourth-order valence-corrected chi connectivity index (χ4v) is 6.53. The maximum Gasteiger partial charge on any atom is 0.222 e. The Bertz CT molecular complexity index is 1130. The molecule has 6 heteroatoms. The lowest BCUT2D eigenvalue weighted by atomic mass is 9.76. The molecule has 1 saturated heterocycles. The Morgan fingerprint density at radius 1 is 1.00 bits per heavy atom. The van der Waals surface area contributed by atoms with Crippen molar-refractivity contribution in [3.05, 3.63) is 65.9 Å². The van der Waals surface area contributed by atoms with E-state index in [9.17, 15) is 4.79 Å². The number of nitrogens with zero attached hydrogens (tertiary/aromatic N) is 4. The molecule has 2 atom stereocenters. The molecule has 5 rings (SSSR count). The largest absolute Gasteiger partial charge is 0.497 e. The number of pyridine rings is 1. The SMILES string of the molecule is CCC1C=C(C2CCCCC2)C(CCCC(=O)N2CCN(c3ccccn3)CC2)N=C1c1ccc(OC)cc1. The van der Waals surface area contributed by atoms with E-state index in [-0.39, 0.29) is 11.9 Å². The molecule has 1 aromatic heterocycles. The van der Waals surface area contributed by atoms with Crippen molar-refractivity contribution in [2.45, 2.75) is 70.8 Å². The van der Waals surface area contributed by atoms with Crippen LogP contribution in [-0.2, 0) is 4.79 Å². The summed E-state index contributed by atoms with van der Waals surface area (Å²) in [5, 5.41) is 0. The van der Waals surface area contributed by atoms with Gasteiger partial charge in [-0.2, -0.15) is 0 Å². The molecule has 0 spiro atoms. The van der Waals surface area contributed by atoms with E-state index in [1.165, 1.54) is 43.4 Å². The van der Waals surface area contributed by atoms with E-state index in [1.54, 1.807) is 12.7 Å². The Balaban J connectivity index is 1.23. The molecule has 6 nitrogen and oxygen atoms in total. The van der Waals surface area contributed by atoms with Crippen molar-refractivity contribution >= 4 is 17.4 Å². The van der Waals surface area contributed by atoms with E-state index in [2.05, 4.69) is 35.0 Å². The number of carbonyl (C=O) groups excluding carboxylic acids is 1. The summed E-state index contributed by atoms with van der Waals surface area (Å²) in [4.78, 5) is 27.4. The number of dihydropyridines is 1. The number of aromatic nitrogens is 1. The highest BCUT2D eigenvalue weighted by Gasteiger charge is 2.31. The number of amides is 1. The minimum atomic E-state index is 0.182. The molecular weight excluding hydrogens is 484 g/mol. The standard InChI is InChI=1S/C33H44N4O2/c1-3-25-24-29(26-10-5-4-6-11-26)30(35-33(25)27-15-17-28(39-2)18-16-27)12-9-14-32(38)37-22-20-36(21-23-37)31-13-7-8-19-34-31/h7-8,13,15-19,24-26,30H,3-6,9-12,14,20-23H2,1-2H3. The first-order valence-corrected chi connectivity index (χ1v) is 15.0. The predicted molar refractivity (Wildman–Crippen MR) is 159 cm³/mol. The summed E-state index contributed by atoms with van der Waals surface area (Å²) in [6, 6.07) is 14.5. The molecule has 1 saturated carbocycles. The molecule has 0 N–H and O–H groups in total. The minimum absolute atomic E-state index is 0.182. The first-order chi connectivity index (χ1) is 19.2. The zero-order valence-corrected chi connectivity index (χ0v) is 23.7. The molecular formula is C33H44N4O2. The molecule has 2 fully saturated rings. The van der Waals surface area contributed by atoms with Gasteiger partial charge in [0.25, 0.3) is 0 Å². The van der Waals surface area contributed by atoms with Gasteiger partial charge in [0.05, 0.1) is 13.2 Å². The number of hydrogen-bond acceptors (Lipinski definition) is 5. The van der Waals surface area contributed by atoms with Crippen LogP contribution in [0, 0.1) is 11.8 Å². The predicted octanol–water partition coefficient (Wildman–Crippen LogP) is 6.31. The lowest BCUT2D eigenvalue weighted by Crippen LogP contribution is -2.49. The maximum absolute atomic E-state index is 13.1. The van der Waals surface area contributed by atoms with Crippen molar-refractivity contribution in [1.82, 2.24) is 9.88 Å². The van der Waals surface area contributed by atoms with Crippen LogP contribution in [0.15, 0.2) is 65.3 Å². The summed E-state index contributed by atoms with van der Waals surface area (Å²) < 4.78 is 5.39. The number of allylic oxidation sites excluding steroid dienone is 1. The van der Waals surface area contributed by atoms with E-state index in [0.29, 0.717) is 18.3 Å². The average molecular weight is 529 g/mol. The highest BCUT2D eigenvalue weighted by molar-refractivity contribution is 6.04. The van der Waals surface area contributed by atoms with Gasteiger partial charge in [-0.15, -0.1) is 0 Å². The minimum Gasteiger partial charge on any atom is -0.497 e. The van der Waals surface area contributed by atoms with Gasteiger partial charge >= 0.3 is 0 Å². The van der Waals surface area contributed by atoms with Gasteiger partial charge in [-0.1, -0.05) is 38.3 Å². The Labute approximate surface area is 234 Å². The van der Waals surface area contributed by atoms with Gasteiger partial charge in [0.15, 0.2) is 0 Å². The van der Waals surface area contributed by atoms with Crippen LogP contribution in [0.5, 0.6) is 5.75 Å². The summed E-state index contributed by atoms with van der Waals surface area (Å²) in [7, 11) is 1.71. The van der Waals surface area contributed by atoms with Crippen molar-refractivity contribution < 1.29 is 9.53 Å². The Hall–Kier alpha value is -3.15. The first kappa shape index (κ1) is 27.4. The molecule has 3 aliphatic rings. The third kappa shape index (κ3) is 6.71. The van der Waals surface area contributed by atoms with Gasteiger partial charge in [0.1, 0.15) is 11.6 Å². The van der Waals surface area contributed by atoms with Gasteiger partial charge in [-0.05, 0) is 85.6 Å². The number of ether oxygens (including phenoxy) is 1. The van der Waals surface area contributed by atoms with E-state index >= 15 is 0 Å². The second-order valence-corrected chi connectivity index (χ2v) is 11.2. The summed E-state index contributed by atoms with van der Waals surface area (Å²) in [5.41, 5.74) is 3.94. The average Bonchev–Trinajstić information content (AvgIpc) is 3.01. The van der Waals surface area contributed by atoms with Crippen molar-refractivity contribution in [2.24, 2.45) is 16.8 Å². The maximum atomic E-state index is 13.1. The van der Waals surface area contributed by atoms with Crippen LogP contribution in [0.1, 0.15) is 70.3 Å². The second kappa shape index (κ2) is 13.3. The number of methoxy groups -OCH3 is 1. The normalized spacial score (nSPS) is 22.3. The molecule has 2 unspecified atom stereocenters. The van der Waals surface area contributed by atoms with Gasteiger partial charge in [0.2, 0.25) is 5.91 Å². The van der Waals surface area contributed by atoms with Gasteiger partial charge in [-0.25, -0.2) is 4.98 Å². The third-order valence-corrected chi connectivity index (χ3v) is 8.80. The highest BCUT2D eigenvalue weighted by Crippen LogP contribution is 2.38. The van der Waals surface area contributed by atoms with Gasteiger partial charge in [-0.3, -0.25) is 9.79 Å². The highest BCUT2D eigenvalue weighted by atomic mass is 16.5. The van der Waals surface area contributed by atoms with Crippen LogP contribution in [0.2, 0.25) is 0 Å². The third-order valence-electron chi connectivity index (χ3n) is 8.80. The summed E-state index contributed by atoms with van der Waals surface area (Å²) >= 11 is 0. The lowest BCUT2D eigenvalue weighted by Gasteiger charge is -2.36.